The summed E-state index contributed by atoms with van der Waals surface area (Å²) >= 11 is 6.01. The molecule has 23 heavy (non-hydrogen) atoms. The van der Waals surface area contributed by atoms with E-state index in [1.54, 1.807) is 30.6 Å². The summed E-state index contributed by atoms with van der Waals surface area (Å²) in [6.45, 7) is 0.323. The molecule has 6 nitrogen and oxygen atoms in total. The Hall–Kier alpha value is -2.29. The molecule has 0 unspecified atom stereocenters. The van der Waals surface area contributed by atoms with Crippen LogP contribution in [0.2, 0.25) is 5.15 Å². The second-order valence-corrected chi connectivity index (χ2v) is 4.84. The maximum absolute atomic E-state index is 12.2. The van der Waals surface area contributed by atoms with Gasteiger partial charge >= 0.3 is 12.2 Å². The molecule has 0 aromatic carbocycles. The number of urea groups is 1. The number of hydrogen-bond donors (Lipinski definition) is 1. The minimum atomic E-state index is -4.49. The number of anilines is 1. The van der Waals surface area contributed by atoms with Crippen LogP contribution in [0.3, 0.4) is 0 Å². The Morgan fingerprint density at radius 2 is 2.22 bits per heavy atom. The molecule has 0 fully saturated rings. The van der Waals surface area contributed by atoms with E-state index in [9.17, 15) is 18.0 Å². The zero-order chi connectivity index (χ0) is 17.0. The second kappa shape index (κ2) is 6.86. The molecule has 0 aliphatic heterocycles. The van der Waals surface area contributed by atoms with E-state index in [0.717, 1.165) is 4.90 Å². The van der Waals surface area contributed by atoms with Gasteiger partial charge in [0.25, 0.3) is 0 Å². The first-order valence-electron chi connectivity index (χ1n) is 6.59. The van der Waals surface area contributed by atoms with Gasteiger partial charge in [0.2, 0.25) is 0 Å². The Labute approximate surface area is 134 Å². The van der Waals surface area contributed by atoms with Gasteiger partial charge in [0, 0.05) is 12.7 Å². The number of amides is 2. The fraction of sp³-hybridized carbons (Fsp3) is 0.308. The molecule has 2 heterocycles. The first kappa shape index (κ1) is 17.1. The van der Waals surface area contributed by atoms with Gasteiger partial charge in [0.1, 0.15) is 12.2 Å². The summed E-state index contributed by atoms with van der Waals surface area (Å²) in [6, 6.07) is 2.51. The lowest BCUT2D eigenvalue weighted by atomic mass is 10.4. The number of carbonyl (C=O) groups excluding carboxylic acids is 1. The number of aromatic nitrogens is 3. The van der Waals surface area contributed by atoms with Crippen molar-refractivity contribution in [2.75, 3.05) is 18.0 Å². The van der Waals surface area contributed by atoms with Gasteiger partial charge in [-0.3, -0.25) is 9.88 Å². The number of nitrogens with zero attached hydrogens (tertiary/aromatic N) is 4. The van der Waals surface area contributed by atoms with Gasteiger partial charge in [0.05, 0.1) is 18.1 Å². The van der Waals surface area contributed by atoms with Crippen LogP contribution in [0.4, 0.5) is 23.7 Å². The Morgan fingerprint density at radius 1 is 1.48 bits per heavy atom. The molecule has 0 spiro atoms. The molecule has 0 bridgehead atoms. The van der Waals surface area contributed by atoms with E-state index in [0.29, 0.717) is 5.69 Å². The van der Waals surface area contributed by atoms with Gasteiger partial charge < -0.3 is 5.32 Å². The predicted octanol–water partition coefficient (Wildman–Crippen LogP) is 3.02. The Balaban J connectivity index is 2.21. The summed E-state index contributed by atoms with van der Waals surface area (Å²) in [5.41, 5.74) is 0.810. The summed E-state index contributed by atoms with van der Waals surface area (Å²) in [6.07, 6.45) is 0.0837. The molecular weight excluding hydrogens is 335 g/mol. The smallest absolute Gasteiger partial charge is 0.329 e. The molecule has 124 valence electrons. The molecular formula is C13H13ClF3N5O. The van der Waals surface area contributed by atoms with Crippen LogP contribution in [0.25, 0.3) is 5.69 Å². The van der Waals surface area contributed by atoms with E-state index in [-0.39, 0.29) is 17.4 Å². The van der Waals surface area contributed by atoms with E-state index in [4.69, 9.17) is 11.6 Å². The Morgan fingerprint density at radius 3 is 2.78 bits per heavy atom. The summed E-state index contributed by atoms with van der Waals surface area (Å²) in [5.74, 6) is 0. The lowest BCUT2D eigenvalue weighted by Gasteiger charge is -2.20. The van der Waals surface area contributed by atoms with Crippen LogP contribution < -0.4 is 10.2 Å². The predicted molar refractivity (Wildman–Crippen MR) is 78.8 cm³/mol. The number of alkyl halides is 3. The van der Waals surface area contributed by atoms with E-state index >= 15 is 0 Å². The SMILES string of the molecule is CCN(C(=O)NCC(F)(F)F)c1cn(-c2cccnc2)nc1Cl. The molecule has 0 saturated heterocycles. The van der Waals surface area contributed by atoms with Crippen LogP contribution >= 0.6 is 11.6 Å². The van der Waals surface area contributed by atoms with Crippen molar-refractivity contribution in [3.8, 4) is 5.69 Å². The van der Waals surface area contributed by atoms with Crippen LogP contribution in [0, 0.1) is 0 Å². The Kier molecular flexibility index (Phi) is 5.09. The first-order chi connectivity index (χ1) is 10.8. The zero-order valence-electron chi connectivity index (χ0n) is 12.0. The molecule has 0 aliphatic rings. The third-order valence-corrected chi connectivity index (χ3v) is 3.12. The number of nitrogens with one attached hydrogen (secondary N) is 1. The van der Waals surface area contributed by atoms with Crippen molar-refractivity contribution in [2.24, 2.45) is 0 Å². The minimum Gasteiger partial charge on any atom is -0.329 e. The molecule has 2 aromatic rings. The average molecular weight is 348 g/mol. The molecule has 0 aliphatic carbocycles. The van der Waals surface area contributed by atoms with Crippen molar-refractivity contribution in [1.29, 1.82) is 0 Å². The largest absolute Gasteiger partial charge is 0.405 e. The molecule has 0 radical (unpaired) electrons. The number of carbonyl (C=O) groups is 1. The number of hydrogen-bond acceptors (Lipinski definition) is 3. The third kappa shape index (κ3) is 4.35. The normalized spacial score (nSPS) is 11.3. The highest BCUT2D eigenvalue weighted by Crippen LogP contribution is 2.26. The number of pyridine rings is 1. The molecule has 0 saturated carbocycles. The van der Waals surface area contributed by atoms with Gasteiger partial charge in [-0.15, -0.1) is 0 Å². The topological polar surface area (TPSA) is 63.1 Å². The van der Waals surface area contributed by atoms with Crippen LogP contribution in [-0.4, -0.2) is 40.1 Å². The standard InChI is InChI=1S/C13H13ClF3N5O/c1-2-21(12(23)19-8-13(15,16)17)10-7-22(20-11(10)14)9-4-3-5-18-6-9/h3-7H,2,8H2,1H3,(H,19,23). The monoisotopic (exact) mass is 347 g/mol. The maximum Gasteiger partial charge on any atom is 0.405 e. The van der Waals surface area contributed by atoms with Gasteiger partial charge in [-0.1, -0.05) is 11.6 Å². The van der Waals surface area contributed by atoms with Crippen molar-refractivity contribution < 1.29 is 18.0 Å². The van der Waals surface area contributed by atoms with Gasteiger partial charge in [0.15, 0.2) is 5.15 Å². The van der Waals surface area contributed by atoms with Gasteiger partial charge in [-0.05, 0) is 19.1 Å². The Bertz CT molecular complexity index is 674. The van der Waals surface area contributed by atoms with E-state index in [1.165, 1.54) is 17.1 Å². The highest BCUT2D eigenvalue weighted by Gasteiger charge is 2.29. The fourth-order valence-electron chi connectivity index (χ4n) is 1.84. The van der Waals surface area contributed by atoms with Crippen molar-refractivity contribution in [2.45, 2.75) is 13.1 Å². The first-order valence-corrected chi connectivity index (χ1v) is 6.97. The summed E-state index contributed by atoms with van der Waals surface area (Å²) in [5, 5.41) is 5.84. The van der Waals surface area contributed by atoms with E-state index < -0.39 is 18.8 Å². The number of halogens is 4. The van der Waals surface area contributed by atoms with Gasteiger partial charge in [-0.25, -0.2) is 9.48 Å². The maximum atomic E-state index is 12.2. The highest BCUT2D eigenvalue weighted by molar-refractivity contribution is 6.32. The quantitative estimate of drug-likeness (QED) is 0.924. The van der Waals surface area contributed by atoms with Crippen LogP contribution in [0.15, 0.2) is 30.7 Å². The molecule has 2 rings (SSSR count). The molecule has 2 amide bonds. The summed E-state index contributed by atoms with van der Waals surface area (Å²) < 4.78 is 38.0. The molecule has 1 N–H and O–H groups in total. The van der Waals surface area contributed by atoms with E-state index in [2.05, 4.69) is 10.1 Å². The average Bonchev–Trinajstić information content (AvgIpc) is 2.88. The van der Waals surface area contributed by atoms with Crippen molar-refractivity contribution >= 4 is 23.3 Å². The molecule has 10 heteroatoms. The van der Waals surface area contributed by atoms with Crippen molar-refractivity contribution in [1.82, 2.24) is 20.1 Å². The molecule has 2 aromatic heterocycles. The third-order valence-electron chi connectivity index (χ3n) is 2.85. The van der Waals surface area contributed by atoms with Crippen molar-refractivity contribution in [3.05, 3.63) is 35.9 Å². The second-order valence-electron chi connectivity index (χ2n) is 4.48. The fourth-order valence-corrected chi connectivity index (χ4v) is 2.07. The zero-order valence-corrected chi connectivity index (χ0v) is 12.8. The van der Waals surface area contributed by atoms with Gasteiger partial charge in [-0.2, -0.15) is 18.3 Å². The summed E-state index contributed by atoms with van der Waals surface area (Å²) in [7, 11) is 0. The lowest BCUT2D eigenvalue weighted by molar-refractivity contribution is -0.122. The summed E-state index contributed by atoms with van der Waals surface area (Å²) in [4.78, 5) is 16.9. The van der Waals surface area contributed by atoms with E-state index in [1.807, 2.05) is 0 Å². The number of rotatable bonds is 4. The van der Waals surface area contributed by atoms with Crippen LogP contribution in [0.1, 0.15) is 6.92 Å². The van der Waals surface area contributed by atoms with Crippen LogP contribution in [0.5, 0.6) is 0 Å². The highest BCUT2D eigenvalue weighted by atomic mass is 35.5. The van der Waals surface area contributed by atoms with Crippen LogP contribution in [-0.2, 0) is 0 Å². The minimum absolute atomic E-state index is 0.00198. The lowest BCUT2D eigenvalue weighted by Crippen LogP contribution is -2.43. The van der Waals surface area contributed by atoms with Crippen molar-refractivity contribution in [3.63, 3.8) is 0 Å². The molecule has 0 atom stereocenters.